The van der Waals surface area contributed by atoms with Gasteiger partial charge in [-0.15, -0.1) is 0 Å². The van der Waals surface area contributed by atoms with Crippen LogP contribution < -0.4 is 20.7 Å². The smallest absolute Gasteiger partial charge is 0.251 e. The van der Waals surface area contributed by atoms with Crippen molar-refractivity contribution in [2.24, 2.45) is 5.73 Å². The molecule has 162 valence electrons. The molecule has 0 aliphatic carbocycles. The van der Waals surface area contributed by atoms with E-state index in [-0.39, 0.29) is 12.5 Å². The van der Waals surface area contributed by atoms with Gasteiger partial charge in [-0.25, -0.2) is 0 Å². The van der Waals surface area contributed by atoms with Gasteiger partial charge in [0.2, 0.25) is 0 Å². The molecule has 1 aliphatic heterocycles. The SMILES string of the molecule is NCCCOc1cccc(C(=O)NC[C@@]2(O)CCN(c3ccnc4ccncc34)C2)c1. The van der Waals surface area contributed by atoms with Gasteiger partial charge in [0.1, 0.15) is 11.4 Å². The number of amides is 1. The Bertz CT molecular complexity index is 1050. The Kier molecular flexibility index (Phi) is 6.29. The van der Waals surface area contributed by atoms with Gasteiger partial charge in [0.05, 0.1) is 12.1 Å². The van der Waals surface area contributed by atoms with Crippen LogP contribution in [-0.4, -0.2) is 59.4 Å². The largest absolute Gasteiger partial charge is 0.494 e. The minimum atomic E-state index is -1.01. The highest BCUT2D eigenvalue weighted by Crippen LogP contribution is 2.31. The maximum atomic E-state index is 12.6. The number of rotatable bonds is 8. The van der Waals surface area contributed by atoms with Gasteiger partial charge in [-0.2, -0.15) is 0 Å². The summed E-state index contributed by atoms with van der Waals surface area (Å²) in [6.07, 6.45) is 6.58. The molecular formula is C23H27N5O3. The number of β-amino-alcohol motifs (C(OH)–C–C–N with tert-alkyl or cyclic N) is 1. The number of hydrogen-bond donors (Lipinski definition) is 3. The van der Waals surface area contributed by atoms with Crippen LogP contribution in [0.4, 0.5) is 5.69 Å². The molecule has 0 unspecified atom stereocenters. The second kappa shape index (κ2) is 9.28. The molecule has 8 nitrogen and oxygen atoms in total. The summed E-state index contributed by atoms with van der Waals surface area (Å²) in [4.78, 5) is 23.3. The van der Waals surface area contributed by atoms with Crippen molar-refractivity contribution >= 4 is 22.5 Å². The Labute approximate surface area is 181 Å². The summed E-state index contributed by atoms with van der Waals surface area (Å²) in [5.41, 5.74) is 6.82. The molecule has 4 N–H and O–H groups in total. The van der Waals surface area contributed by atoms with Gasteiger partial charge in [-0.1, -0.05) is 6.07 Å². The van der Waals surface area contributed by atoms with E-state index < -0.39 is 5.60 Å². The summed E-state index contributed by atoms with van der Waals surface area (Å²) >= 11 is 0. The van der Waals surface area contributed by atoms with E-state index in [1.807, 2.05) is 18.2 Å². The summed E-state index contributed by atoms with van der Waals surface area (Å²) in [5.74, 6) is 0.389. The third-order valence-electron chi connectivity index (χ3n) is 5.48. The molecule has 0 spiro atoms. The maximum absolute atomic E-state index is 12.6. The average Bonchev–Trinajstić information content (AvgIpc) is 3.19. The van der Waals surface area contributed by atoms with Crippen LogP contribution in [0.25, 0.3) is 10.9 Å². The summed E-state index contributed by atoms with van der Waals surface area (Å²) in [6.45, 7) is 2.34. The van der Waals surface area contributed by atoms with E-state index in [2.05, 4.69) is 20.2 Å². The lowest BCUT2D eigenvalue weighted by molar-refractivity contribution is 0.0576. The van der Waals surface area contributed by atoms with Crippen LogP contribution in [0.1, 0.15) is 23.2 Å². The van der Waals surface area contributed by atoms with Crippen LogP contribution in [-0.2, 0) is 0 Å². The molecule has 4 rings (SSSR count). The first-order chi connectivity index (χ1) is 15.1. The monoisotopic (exact) mass is 421 g/mol. The van der Waals surface area contributed by atoms with E-state index in [1.54, 1.807) is 36.8 Å². The highest BCUT2D eigenvalue weighted by molar-refractivity contribution is 5.94. The molecule has 3 aromatic rings. The second-order valence-corrected chi connectivity index (χ2v) is 7.82. The van der Waals surface area contributed by atoms with Crippen LogP contribution in [0, 0.1) is 0 Å². The highest BCUT2D eigenvalue weighted by atomic mass is 16.5. The van der Waals surface area contributed by atoms with E-state index >= 15 is 0 Å². The van der Waals surface area contributed by atoms with E-state index in [1.165, 1.54) is 0 Å². The van der Waals surface area contributed by atoms with Crippen molar-refractivity contribution in [1.29, 1.82) is 0 Å². The quantitative estimate of drug-likeness (QED) is 0.475. The molecule has 2 aromatic heterocycles. The average molecular weight is 422 g/mol. The molecule has 1 saturated heterocycles. The molecule has 1 fully saturated rings. The number of carbonyl (C=O) groups is 1. The predicted molar refractivity (Wildman–Crippen MR) is 119 cm³/mol. The summed E-state index contributed by atoms with van der Waals surface area (Å²) in [6, 6.07) is 10.8. The van der Waals surface area contributed by atoms with E-state index in [0.29, 0.717) is 44.0 Å². The molecule has 1 amide bonds. The number of anilines is 1. The zero-order valence-electron chi connectivity index (χ0n) is 17.3. The number of pyridine rings is 2. The van der Waals surface area contributed by atoms with Crippen molar-refractivity contribution in [3.8, 4) is 5.75 Å². The van der Waals surface area contributed by atoms with Crippen LogP contribution in [0.5, 0.6) is 5.75 Å². The normalized spacial score (nSPS) is 18.3. The first-order valence-electron chi connectivity index (χ1n) is 10.5. The van der Waals surface area contributed by atoms with Gasteiger partial charge < -0.3 is 25.8 Å². The fourth-order valence-electron chi connectivity index (χ4n) is 3.80. The molecule has 0 saturated carbocycles. The van der Waals surface area contributed by atoms with E-state index in [9.17, 15) is 9.90 Å². The maximum Gasteiger partial charge on any atom is 0.251 e. The number of hydrogen-bond acceptors (Lipinski definition) is 7. The molecule has 8 heteroatoms. The van der Waals surface area contributed by atoms with Crippen molar-refractivity contribution in [1.82, 2.24) is 15.3 Å². The van der Waals surface area contributed by atoms with Gasteiger partial charge in [0.15, 0.2) is 0 Å². The van der Waals surface area contributed by atoms with Crippen LogP contribution >= 0.6 is 0 Å². The third kappa shape index (κ3) is 4.92. The number of aromatic nitrogens is 2. The van der Waals surface area contributed by atoms with Crippen molar-refractivity contribution < 1.29 is 14.6 Å². The molecule has 1 atom stereocenters. The first kappa shape index (κ1) is 21.0. The van der Waals surface area contributed by atoms with Crippen molar-refractivity contribution in [3.63, 3.8) is 0 Å². The summed E-state index contributed by atoms with van der Waals surface area (Å²) in [7, 11) is 0. The first-order valence-corrected chi connectivity index (χ1v) is 10.5. The van der Waals surface area contributed by atoms with Crippen LogP contribution in [0.3, 0.4) is 0 Å². The van der Waals surface area contributed by atoms with Gasteiger partial charge in [-0.05, 0) is 49.7 Å². The topological polar surface area (TPSA) is 114 Å². The van der Waals surface area contributed by atoms with Crippen LogP contribution in [0.15, 0.2) is 55.0 Å². The van der Waals surface area contributed by atoms with Gasteiger partial charge >= 0.3 is 0 Å². The van der Waals surface area contributed by atoms with E-state index in [4.69, 9.17) is 10.5 Å². The number of fused-ring (bicyclic) bond motifs is 1. The highest BCUT2D eigenvalue weighted by Gasteiger charge is 2.37. The number of carbonyl (C=O) groups excluding carboxylic acids is 1. The molecule has 3 heterocycles. The molecule has 0 radical (unpaired) electrons. The summed E-state index contributed by atoms with van der Waals surface area (Å²) < 4.78 is 5.61. The lowest BCUT2D eigenvalue weighted by Crippen LogP contribution is -2.45. The fraction of sp³-hybridized carbons (Fsp3) is 0.348. The lowest BCUT2D eigenvalue weighted by Gasteiger charge is -2.25. The molecule has 0 bridgehead atoms. The molecule has 1 aliphatic rings. The summed E-state index contributed by atoms with van der Waals surface area (Å²) in [5, 5.41) is 14.9. The van der Waals surface area contributed by atoms with Crippen molar-refractivity contribution in [2.75, 3.05) is 37.7 Å². The third-order valence-corrected chi connectivity index (χ3v) is 5.48. The Hall–Kier alpha value is -3.23. The number of nitrogens with two attached hydrogens (primary N) is 1. The van der Waals surface area contributed by atoms with Gasteiger partial charge in [-0.3, -0.25) is 14.8 Å². The van der Waals surface area contributed by atoms with Crippen molar-refractivity contribution in [3.05, 3.63) is 60.6 Å². The Balaban J connectivity index is 1.38. The number of nitrogens with one attached hydrogen (secondary N) is 1. The Morgan fingerprint density at radius 3 is 3.06 bits per heavy atom. The number of nitrogens with zero attached hydrogens (tertiary/aromatic N) is 3. The van der Waals surface area contributed by atoms with Crippen molar-refractivity contribution in [2.45, 2.75) is 18.4 Å². The molecule has 31 heavy (non-hydrogen) atoms. The molecule has 1 aromatic carbocycles. The minimum absolute atomic E-state index is 0.169. The Morgan fingerprint density at radius 2 is 2.19 bits per heavy atom. The zero-order valence-corrected chi connectivity index (χ0v) is 17.3. The van der Waals surface area contributed by atoms with E-state index in [0.717, 1.165) is 23.0 Å². The number of benzene rings is 1. The number of ether oxygens (including phenoxy) is 1. The second-order valence-electron chi connectivity index (χ2n) is 7.82. The fourth-order valence-corrected chi connectivity index (χ4v) is 3.80. The Morgan fingerprint density at radius 1 is 1.29 bits per heavy atom. The zero-order chi connectivity index (χ0) is 21.7. The van der Waals surface area contributed by atoms with Gasteiger partial charge in [0.25, 0.3) is 5.91 Å². The standard InChI is InChI=1S/C23H27N5O3/c24-8-2-12-31-18-4-1-3-17(13-18)22(29)27-15-23(30)7-11-28(16-23)21-6-10-26-20-5-9-25-14-19(20)21/h1,3-6,9-10,13-14,30H,2,7-8,11-12,15-16,24H2,(H,27,29)/t23-/m0/s1. The predicted octanol–water partition coefficient (Wildman–Crippen LogP) is 1.73. The molecular weight excluding hydrogens is 394 g/mol. The lowest BCUT2D eigenvalue weighted by atomic mass is 10.0. The minimum Gasteiger partial charge on any atom is -0.494 e. The van der Waals surface area contributed by atoms with Crippen LogP contribution in [0.2, 0.25) is 0 Å². The number of aliphatic hydroxyl groups is 1. The van der Waals surface area contributed by atoms with Gasteiger partial charge in [0, 0.05) is 54.9 Å².